The molecule has 2 rings (SSSR count). The number of carbonyl (C=O) groups excluding carboxylic acids is 1. The summed E-state index contributed by atoms with van der Waals surface area (Å²) in [7, 11) is 0. The highest BCUT2D eigenvalue weighted by molar-refractivity contribution is 9.10. The second-order valence-electron chi connectivity index (χ2n) is 4.86. The number of halogens is 5. The number of nitrogen functional groups attached to an aromatic ring is 1. The van der Waals surface area contributed by atoms with E-state index in [9.17, 15) is 18.0 Å². The first-order valence-corrected chi connectivity index (χ1v) is 6.99. The van der Waals surface area contributed by atoms with Gasteiger partial charge in [-0.15, -0.1) is 12.4 Å². The van der Waals surface area contributed by atoms with E-state index in [0.717, 1.165) is 4.47 Å². The van der Waals surface area contributed by atoms with Crippen LogP contribution in [0.15, 0.2) is 22.7 Å². The van der Waals surface area contributed by atoms with Crippen molar-refractivity contribution in [1.82, 2.24) is 4.90 Å². The summed E-state index contributed by atoms with van der Waals surface area (Å²) in [4.78, 5) is 13.5. The third-order valence-electron chi connectivity index (χ3n) is 3.42. The van der Waals surface area contributed by atoms with Crippen LogP contribution >= 0.6 is 28.3 Å². The Kier molecular flexibility index (Phi) is 5.92. The van der Waals surface area contributed by atoms with E-state index < -0.39 is 18.0 Å². The summed E-state index contributed by atoms with van der Waals surface area (Å²) in [6, 6.07) is 4.74. The molecule has 1 fully saturated rings. The van der Waals surface area contributed by atoms with Crippen molar-refractivity contribution in [3.8, 4) is 0 Å². The molecule has 0 saturated carbocycles. The lowest BCUT2D eigenvalue weighted by molar-refractivity contribution is -0.184. The summed E-state index contributed by atoms with van der Waals surface area (Å²) in [6.45, 7) is 0.0404. The fraction of sp³-hybridized carbons (Fsp3) is 0.462. The molecule has 0 radical (unpaired) electrons. The molecular formula is C13H15BrClF3N2O. The normalized spacial score (nSPS) is 19.0. The second-order valence-corrected chi connectivity index (χ2v) is 5.78. The molecule has 1 atom stereocenters. The van der Waals surface area contributed by atoms with Gasteiger partial charge in [-0.1, -0.05) is 15.9 Å². The number of benzene rings is 1. The van der Waals surface area contributed by atoms with Crippen LogP contribution in [-0.4, -0.2) is 30.1 Å². The summed E-state index contributed by atoms with van der Waals surface area (Å²) < 4.78 is 39.0. The van der Waals surface area contributed by atoms with Gasteiger partial charge >= 0.3 is 6.18 Å². The van der Waals surface area contributed by atoms with Crippen LogP contribution in [0.3, 0.4) is 0 Å². The van der Waals surface area contributed by atoms with Crippen molar-refractivity contribution in [2.45, 2.75) is 19.0 Å². The number of anilines is 1. The molecule has 3 nitrogen and oxygen atoms in total. The number of hydrogen-bond acceptors (Lipinski definition) is 2. The van der Waals surface area contributed by atoms with E-state index >= 15 is 0 Å². The van der Waals surface area contributed by atoms with Gasteiger partial charge in [-0.3, -0.25) is 4.79 Å². The van der Waals surface area contributed by atoms with Crippen molar-refractivity contribution >= 4 is 39.9 Å². The molecule has 0 spiro atoms. The number of nitrogens with two attached hydrogens (primary N) is 1. The molecular weight excluding hydrogens is 373 g/mol. The van der Waals surface area contributed by atoms with E-state index in [2.05, 4.69) is 15.9 Å². The lowest BCUT2D eigenvalue weighted by Crippen LogP contribution is -2.44. The standard InChI is InChI=1S/C13H14BrF3N2O.ClH/c14-9-3-4-10(11(18)6-9)12(20)19-5-1-2-8(7-19)13(15,16)17;/h3-4,6,8H,1-2,5,7,18H2;1H. The number of alkyl halides is 3. The molecule has 1 aromatic carbocycles. The molecule has 0 aromatic heterocycles. The molecule has 1 amide bonds. The van der Waals surface area contributed by atoms with Crippen molar-refractivity contribution in [1.29, 1.82) is 0 Å². The molecule has 8 heteroatoms. The minimum atomic E-state index is -4.26. The van der Waals surface area contributed by atoms with Gasteiger partial charge in [0, 0.05) is 23.2 Å². The van der Waals surface area contributed by atoms with Crippen LogP contribution in [0.2, 0.25) is 0 Å². The minimum Gasteiger partial charge on any atom is -0.398 e. The van der Waals surface area contributed by atoms with Crippen LogP contribution in [0.1, 0.15) is 23.2 Å². The SMILES string of the molecule is Cl.Nc1cc(Br)ccc1C(=O)N1CCCC(C(F)(F)F)C1. The number of nitrogens with zero attached hydrogens (tertiary/aromatic N) is 1. The number of hydrogen-bond donors (Lipinski definition) is 1. The molecule has 0 bridgehead atoms. The minimum absolute atomic E-state index is 0. The number of piperidine rings is 1. The Labute approximate surface area is 135 Å². The summed E-state index contributed by atoms with van der Waals surface area (Å²) in [5.74, 6) is -1.89. The quantitative estimate of drug-likeness (QED) is 0.744. The molecule has 2 N–H and O–H groups in total. The largest absolute Gasteiger partial charge is 0.398 e. The Hall–Kier alpha value is -0.950. The van der Waals surface area contributed by atoms with E-state index in [0.29, 0.717) is 13.0 Å². The fourth-order valence-corrected chi connectivity index (χ4v) is 2.71. The highest BCUT2D eigenvalue weighted by Crippen LogP contribution is 2.34. The van der Waals surface area contributed by atoms with Gasteiger partial charge in [0.2, 0.25) is 0 Å². The van der Waals surface area contributed by atoms with Crippen molar-refractivity contribution in [2.24, 2.45) is 5.92 Å². The van der Waals surface area contributed by atoms with Crippen LogP contribution in [0.5, 0.6) is 0 Å². The third-order valence-corrected chi connectivity index (χ3v) is 3.91. The van der Waals surface area contributed by atoms with Gasteiger partial charge in [-0.2, -0.15) is 13.2 Å². The van der Waals surface area contributed by atoms with E-state index in [1.807, 2.05) is 0 Å². The lowest BCUT2D eigenvalue weighted by atomic mass is 9.96. The smallest absolute Gasteiger partial charge is 0.393 e. The van der Waals surface area contributed by atoms with Gasteiger partial charge in [0.15, 0.2) is 0 Å². The zero-order valence-corrected chi connectivity index (χ0v) is 13.4. The van der Waals surface area contributed by atoms with Gasteiger partial charge in [0.1, 0.15) is 0 Å². The predicted molar refractivity (Wildman–Crippen MR) is 80.5 cm³/mol. The second kappa shape index (κ2) is 6.87. The van der Waals surface area contributed by atoms with E-state index in [-0.39, 0.29) is 36.6 Å². The van der Waals surface area contributed by atoms with Crippen molar-refractivity contribution in [3.63, 3.8) is 0 Å². The third kappa shape index (κ3) is 4.26. The fourth-order valence-electron chi connectivity index (χ4n) is 2.33. The molecule has 1 saturated heterocycles. The van der Waals surface area contributed by atoms with E-state index in [1.54, 1.807) is 12.1 Å². The molecule has 118 valence electrons. The zero-order valence-electron chi connectivity index (χ0n) is 11.0. The first kappa shape index (κ1) is 18.1. The summed E-state index contributed by atoms with van der Waals surface area (Å²) in [6.07, 6.45) is -3.83. The summed E-state index contributed by atoms with van der Waals surface area (Å²) >= 11 is 3.22. The van der Waals surface area contributed by atoms with E-state index in [4.69, 9.17) is 5.73 Å². The molecule has 1 heterocycles. The first-order valence-electron chi connectivity index (χ1n) is 6.20. The van der Waals surface area contributed by atoms with Crippen molar-refractivity contribution in [3.05, 3.63) is 28.2 Å². The van der Waals surface area contributed by atoms with Crippen molar-refractivity contribution < 1.29 is 18.0 Å². The van der Waals surface area contributed by atoms with Gasteiger partial charge in [0.05, 0.1) is 11.5 Å². The molecule has 1 unspecified atom stereocenters. The number of carbonyl (C=O) groups is 1. The average molecular weight is 388 g/mol. The molecule has 21 heavy (non-hydrogen) atoms. The highest BCUT2D eigenvalue weighted by atomic mass is 79.9. The maximum atomic E-state index is 12.7. The van der Waals surface area contributed by atoms with Crippen LogP contribution < -0.4 is 5.73 Å². The van der Waals surface area contributed by atoms with Crippen LogP contribution in [0.25, 0.3) is 0 Å². The van der Waals surface area contributed by atoms with Gasteiger partial charge in [-0.05, 0) is 31.0 Å². The average Bonchev–Trinajstić information content (AvgIpc) is 2.37. The number of rotatable bonds is 1. The lowest BCUT2D eigenvalue weighted by Gasteiger charge is -2.34. The Morgan fingerprint density at radius 3 is 2.62 bits per heavy atom. The van der Waals surface area contributed by atoms with Gasteiger partial charge in [-0.25, -0.2) is 0 Å². The molecule has 1 aliphatic heterocycles. The maximum Gasteiger partial charge on any atom is 0.393 e. The Bertz CT molecular complexity index is 525. The predicted octanol–water partition coefficient (Wildman–Crippen LogP) is 3.87. The summed E-state index contributed by atoms with van der Waals surface area (Å²) in [5, 5.41) is 0. The monoisotopic (exact) mass is 386 g/mol. The highest BCUT2D eigenvalue weighted by Gasteiger charge is 2.42. The Morgan fingerprint density at radius 2 is 2.05 bits per heavy atom. The molecule has 1 aromatic rings. The maximum absolute atomic E-state index is 12.7. The van der Waals surface area contributed by atoms with E-state index in [1.165, 1.54) is 11.0 Å². The zero-order chi connectivity index (χ0) is 14.9. The Morgan fingerprint density at radius 1 is 1.38 bits per heavy atom. The van der Waals surface area contributed by atoms with Crippen LogP contribution in [0.4, 0.5) is 18.9 Å². The van der Waals surface area contributed by atoms with Gasteiger partial charge < -0.3 is 10.6 Å². The molecule has 0 aliphatic carbocycles. The molecule has 1 aliphatic rings. The number of likely N-dealkylation sites (tertiary alicyclic amines) is 1. The van der Waals surface area contributed by atoms with Crippen LogP contribution in [0, 0.1) is 5.92 Å². The van der Waals surface area contributed by atoms with Crippen LogP contribution in [-0.2, 0) is 0 Å². The van der Waals surface area contributed by atoms with Crippen molar-refractivity contribution in [2.75, 3.05) is 18.8 Å². The summed E-state index contributed by atoms with van der Waals surface area (Å²) in [5.41, 5.74) is 6.26. The topological polar surface area (TPSA) is 46.3 Å². The van der Waals surface area contributed by atoms with Gasteiger partial charge in [0.25, 0.3) is 5.91 Å². The first-order chi connectivity index (χ1) is 9.29. The number of amides is 1. The Balaban J connectivity index is 0.00000220.